The van der Waals surface area contributed by atoms with E-state index in [9.17, 15) is 4.39 Å². The fourth-order valence-corrected chi connectivity index (χ4v) is 2.52. The van der Waals surface area contributed by atoms with Gasteiger partial charge in [-0.3, -0.25) is 0 Å². The lowest BCUT2D eigenvalue weighted by atomic mass is 10.1. The molecule has 0 fully saturated rings. The van der Waals surface area contributed by atoms with Gasteiger partial charge in [-0.15, -0.1) is 0 Å². The molecule has 2 heterocycles. The van der Waals surface area contributed by atoms with Gasteiger partial charge in [0.2, 0.25) is 0 Å². The zero-order valence-electron chi connectivity index (χ0n) is 13.2. The topological polar surface area (TPSA) is 73.1 Å². The van der Waals surface area contributed by atoms with E-state index in [1.54, 1.807) is 19.2 Å². The second kappa shape index (κ2) is 6.20. The molecule has 0 radical (unpaired) electrons. The summed E-state index contributed by atoms with van der Waals surface area (Å²) >= 11 is 0. The Bertz CT molecular complexity index is 1030. The normalized spacial score (nSPS) is 10.8. The van der Waals surface area contributed by atoms with Crippen molar-refractivity contribution in [2.24, 2.45) is 0 Å². The minimum absolute atomic E-state index is 0.317. The van der Waals surface area contributed by atoms with Crippen LogP contribution >= 0.6 is 0 Å². The second-order valence-corrected chi connectivity index (χ2v) is 5.30. The van der Waals surface area contributed by atoms with Crippen molar-refractivity contribution in [2.75, 3.05) is 12.4 Å². The van der Waals surface area contributed by atoms with Gasteiger partial charge in [-0.25, -0.2) is 9.37 Å². The SMILES string of the molecule is COc1cccc(Nc2ncnc3onc(-c4ccc(F)cc4)c23)c1. The van der Waals surface area contributed by atoms with Gasteiger partial charge < -0.3 is 14.6 Å². The monoisotopic (exact) mass is 336 g/mol. The molecule has 4 rings (SSSR count). The van der Waals surface area contributed by atoms with Crippen LogP contribution in [0.4, 0.5) is 15.9 Å². The summed E-state index contributed by atoms with van der Waals surface area (Å²) in [5.74, 6) is 0.945. The fourth-order valence-electron chi connectivity index (χ4n) is 2.52. The van der Waals surface area contributed by atoms with Crippen LogP contribution in [0.2, 0.25) is 0 Å². The number of nitrogens with one attached hydrogen (secondary N) is 1. The molecular formula is C18H13FN4O2. The molecular weight excluding hydrogens is 323 g/mol. The van der Waals surface area contributed by atoms with Gasteiger partial charge in [-0.05, 0) is 36.4 Å². The van der Waals surface area contributed by atoms with Gasteiger partial charge in [-0.1, -0.05) is 11.2 Å². The van der Waals surface area contributed by atoms with Crippen molar-refractivity contribution >= 4 is 22.6 Å². The van der Waals surface area contributed by atoms with Crippen LogP contribution in [-0.4, -0.2) is 22.2 Å². The van der Waals surface area contributed by atoms with Crippen LogP contribution in [0.1, 0.15) is 0 Å². The molecule has 0 aliphatic heterocycles. The maximum Gasteiger partial charge on any atom is 0.263 e. The maximum absolute atomic E-state index is 13.2. The van der Waals surface area contributed by atoms with Gasteiger partial charge in [0, 0.05) is 17.3 Å². The van der Waals surface area contributed by atoms with E-state index in [0.29, 0.717) is 28.2 Å². The molecule has 0 aliphatic carbocycles. The molecule has 124 valence electrons. The van der Waals surface area contributed by atoms with Crippen molar-refractivity contribution < 1.29 is 13.7 Å². The van der Waals surface area contributed by atoms with Gasteiger partial charge in [0.05, 0.1) is 7.11 Å². The van der Waals surface area contributed by atoms with Crippen LogP contribution in [0, 0.1) is 5.82 Å². The number of nitrogens with zero attached hydrogens (tertiary/aromatic N) is 3. The van der Waals surface area contributed by atoms with Gasteiger partial charge in [0.25, 0.3) is 5.71 Å². The summed E-state index contributed by atoms with van der Waals surface area (Å²) in [6.45, 7) is 0. The molecule has 2 aromatic heterocycles. The Hall–Kier alpha value is -3.48. The first-order chi connectivity index (χ1) is 12.2. The Morgan fingerprint density at radius 1 is 1.08 bits per heavy atom. The van der Waals surface area contributed by atoms with Crippen LogP contribution in [-0.2, 0) is 0 Å². The number of benzene rings is 2. The number of hydrogen-bond donors (Lipinski definition) is 1. The zero-order chi connectivity index (χ0) is 17.2. The third-order valence-electron chi connectivity index (χ3n) is 3.72. The smallest absolute Gasteiger partial charge is 0.263 e. The maximum atomic E-state index is 13.2. The van der Waals surface area contributed by atoms with Crippen LogP contribution in [0.5, 0.6) is 5.75 Å². The van der Waals surface area contributed by atoms with Gasteiger partial charge in [-0.2, -0.15) is 4.98 Å². The zero-order valence-corrected chi connectivity index (χ0v) is 13.2. The number of aromatic nitrogens is 3. The number of rotatable bonds is 4. The summed E-state index contributed by atoms with van der Waals surface area (Å²) < 4.78 is 23.7. The van der Waals surface area contributed by atoms with Crippen LogP contribution in [0.25, 0.3) is 22.4 Å². The Balaban J connectivity index is 1.81. The van der Waals surface area contributed by atoms with E-state index in [4.69, 9.17) is 9.26 Å². The van der Waals surface area contributed by atoms with Crippen molar-refractivity contribution in [1.29, 1.82) is 0 Å². The van der Waals surface area contributed by atoms with Crippen LogP contribution < -0.4 is 10.1 Å². The summed E-state index contributed by atoms with van der Waals surface area (Å²) in [6.07, 6.45) is 1.39. The molecule has 0 atom stereocenters. The number of ether oxygens (including phenoxy) is 1. The highest BCUT2D eigenvalue weighted by molar-refractivity contribution is 5.98. The minimum Gasteiger partial charge on any atom is -0.497 e. The molecule has 0 saturated heterocycles. The number of methoxy groups -OCH3 is 1. The molecule has 0 bridgehead atoms. The first-order valence-corrected chi connectivity index (χ1v) is 7.52. The molecule has 4 aromatic rings. The van der Waals surface area contributed by atoms with Crippen molar-refractivity contribution in [1.82, 2.24) is 15.1 Å². The lowest BCUT2D eigenvalue weighted by Crippen LogP contribution is -1.96. The minimum atomic E-state index is -0.317. The van der Waals surface area contributed by atoms with Crippen LogP contribution in [0.3, 0.4) is 0 Å². The molecule has 0 saturated carbocycles. The first kappa shape index (κ1) is 15.1. The van der Waals surface area contributed by atoms with Gasteiger partial charge in [0.15, 0.2) is 0 Å². The largest absolute Gasteiger partial charge is 0.497 e. The Kier molecular flexibility index (Phi) is 3.74. The van der Waals surface area contributed by atoms with E-state index >= 15 is 0 Å². The van der Waals surface area contributed by atoms with Gasteiger partial charge in [0.1, 0.15) is 34.8 Å². The third kappa shape index (κ3) is 2.87. The lowest BCUT2D eigenvalue weighted by Gasteiger charge is -2.08. The number of anilines is 2. The Labute approximate surface area is 142 Å². The average Bonchev–Trinajstić information content (AvgIpc) is 3.08. The molecule has 1 N–H and O–H groups in total. The van der Waals surface area contributed by atoms with Crippen molar-refractivity contribution in [3.8, 4) is 17.0 Å². The number of fused-ring (bicyclic) bond motifs is 1. The molecule has 0 aliphatic rings. The Morgan fingerprint density at radius 3 is 2.72 bits per heavy atom. The Morgan fingerprint density at radius 2 is 1.92 bits per heavy atom. The predicted molar refractivity (Wildman–Crippen MR) is 91.3 cm³/mol. The summed E-state index contributed by atoms with van der Waals surface area (Å²) in [7, 11) is 1.61. The summed E-state index contributed by atoms with van der Waals surface area (Å²) in [4.78, 5) is 8.40. The van der Waals surface area contributed by atoms with E-state index in [1.807, 2.05) is 24.3 Å². The van der Waals surface area contributed by atoms with Crippen LogP contribution in [0.15, 0.2) is 59.4 Å². The van der Waals surface area contributed by atoms with E-state index in [1.165, 1.54) is 18.5 Å². The molecule has 7 heteroatoms. The molecule has 0 unspecified atom stereocenters. The number of hydrogen-bond acceptors (Lipinski definition) is 6. The molecule has 25 heavy (non-hydrogen) atoms. The molecule has 2 aromatic carbocycles. The van der Waals surface area contributed by atoms with Gasteiger partial charge >= 0.3 is 0 Å². The molecule has 0 amide bonds. The van der Waals surface area contributed by atoms with E-state index in [2.05, 4.69) is 20.4 Å². The fraction of sp³-hybridized carbons (Fsp3) is 0.0556. The van der Waals surface area contributed by atoms with E-state index in [0.717, 1.165) is 11.4 Å². The number of halogens is 1. The lowest BCUT2D eigenvalue weighted by molar-refractivity contribution is 0.415. The molecule has 6 nitrogen and oxygen atoms in total. The standard InChI is InChI=1S/C18H13FN4O2/c1-24-14-4-2-3-13(9-14)22-17-15-16(11-5-7-12(19)8-6-11)23-25-18(15)21-10-20-17/h2-10H,1H3,(H,20,21,22). The quantitative estimate of drug-likeness (QED) is 0.603. The highest BCUT2D eigenvalue weighted by Crippen LogP contribution is 2.33. The average molecular weight is 336 g/mol. The van der Waals surface area contributed by atoms with Crippen molar-refractivity contribution in [3.05, 3.63) is 60.7 Å². The summed E-state index contributed by atoms with van der Waals surface area (Å²) in [6, 6.07) is 13.5. The predicted octanol–water partition coefficient (Wildman–Crippen LogP) is 4.18. The summed E-state index contributed by atoms with van der Waals surface area (Å²) in [5, 5.41) is 7.91. The third-order valence-corrected chi connectivity index (χ3v) is 3.72. The first-order valence-electron chi connectivity index (χ1n) is 7.52. The summed E-state index contributed by atoms with van der Waals surface area (Å²) in [5.41, 5.74) is 2.40. The highest BCUT2D eigenvalue weighted by Gasteiger charge is 2.17. The second-order valence-electron chi connectivity index (χ2n) is 5.30. The van der Waals surface area contributed by atoms with E-state index in [-0.39, 0.29) is 5.82 Å². The van der Waals surface area contributed by atoms with E-state index < -0.39 is 0 Å². The molecule has 0 spiro atoms. The van der Waals surface area contributed by atoms with Crippen molar-refractivity contribution in [3.63, 3.8) is 0 Å². The van der Waals surface area contributed by atoms with Crippen molar-refractivity contribution in [2.45, 2.75) is 0 Å². The highest BCUT2D eigenvalue weighted by atomic mass is 19.1.